The number of anilines is 2. The monoisotopic (exact) mass is 250 g/mol. The Kier molecular flexibility index (Phi) is 2.51. The van der Waals surface area contributed by atoms with E-state index in [0.717, 1.165) is 5.69 Å². The quantitative estimate of drug-likeness (QED) is 0.793. The van der Waals surface area contributed by atoms with Gasteiger partial charge in [-0.15, -0.1) is 0 Å². The first-order chi connectivity index (χ1) is 8.16. The number of carbonyl (C=O) groups excluding carboxylic acids is 1. The van der Waals surface area contributed by atoms with E-state index in [1.165, 1.54) is 19.3 Å². The van der Waals surface area contributed by atoms with Gasteiger partial charge in [0.2, 0.25) is 5.91 Å². The van der Waals surface area contributed by atoms with Crippen molar-refractivity contribution in [3.05, 3.63) is 23.2 Å². The fourth-order valence-corrected chi connectivity index (χ4v) is 3.18. The lowest BCUT2D eigenvalue weighted by Gasteiger charge is -2.08. The molecule has 2 saturated carbocycles. The molecule has 0 saturated heterocycles. The third-order valence-electron chi connectivity index (χ3n) is 3.97. The SMILES string of the molecule is Nc1cc(NC(=O)C2C3CCCC32)ccc1Cl. The minimum absolute atomic E-state index is 0.140. The predicted molar refractivity (Wildman–Crippen MR) is 68.8 cm³/mol. The first-order valence-electron chi connectivity index (χ1n) is 6.02. The van der Waals surface area contributed by atoms with E-state index in [-0.39, 0.29) is 11.8 Å². The number of amides is 1. The summed E-state index contributed by atoms with van der Waals surface area (Å²) in [5.74, 6) is 1.65. The van der Waals surface area contributed by atoms with Crippen molar-refractivity contribution in [2.45, 2.75) is 19.3 Å². The molecule has 0 heterocycles. The summed E-state index contributed by atoms with van der Waals surface area (Å²) in [6, 6.07) is 5.20. The first-order valence-corrected chi connectivity index (χ1v) is 6.40. The van der Waals surface area contributed by atoms with E-state index in [0.29, 0.717) is 22.5 Å². The molecule has 3 nitrogen and oxygen atoms in total. The maximum Gasteiger partial charge on any atom is 0.228 e. The van der Waals surface area contributed by atoms with Crippen LogP contribution in [0.2, 0.25) is 5.02 Å². The van der Waals surface area contributed by atoms with Crippen molar-refractivity contribution in [2.24, 2.45) is 17.8 Å². The van der Waals surface area contributed by atoms with Crippen LogP contribution in [-0.2, 0) is 4.79 Å². The second-order valence-corrected chi connectivity index (χ2v) is 5.42. The molecule has 0 aliphatic heterocycles. The van der Waals surface area contributed by atoms with Crippen LogP contribution in [0.25, 0.3) is 0 Å². The molecular formula is C13H15ClN2O. The summed E-state index contributed by atoms with van der Waals surface area (Å²) in [5, 5.41) is 3.44. The number of nitrogens with one attached hydrogen (secondary N) is 1. The average Bonchev–Trinajstić information content (AvgIpc) is 2.78. The van der Waals surface area contributed by atoms with Crippen LogP contribution in [-0.4, -0.2) is 5.91 Å². The number of benzene rings is 1. The van der Waals surface area contributed by atoms with Gasteiger partial charge in [-0.2, -0.15) is 0 Å². The van der Waals surface area contributed by atoms with Gasteiger partial charge in [0.15, 0.2) is 0 Å². The Bertz CT molecular complexity index is 464. The first kappa shape index (κ1) is 10.9. The van der Waals surface area contributed by atoms with Crippen molar-refractivity contribution in [2.75, 3.05) is 11.1 Å². The summed E-state index contributed by atoms with van der Waals surface area (Å²) in [6.45, 7) is 0. The van der Waals surface area contributed by atoms with Crippen LogP contribution in [0, 0.1) is 17.8 Å². The molecule has 2 fully saturated rings. The summed E-state index contributed by atoms with van der Waals surface area (Å²) in [6.07, 6.45) is 3.71. The lowest BCUT2D eigenvalue weighted by molar-refractivity contribution is -0.118. The Labute approximate surface area is 105 Å². The molecule has 1 aromatic rings. The number of nitrogens with two attached hydrogens (primary N) is 1. The molecule has 90 valence electrons. The van der Waals surface area contributed by atoms with Crippen LogP contribution < -0.4 is 11.1 Å². The van der Waals surface area contributed by atoms with Gasteiger partial charge in [0.25, 0.3) is 0 Å². The van der Waals surface area contributed by atoms with Gasteiger partial charge in [-0.25, -0.2) is 0 Å². The molecule has 0 radical (unpaired) electrons. The maximum absolute atomic E-state index is 12.0. The lowest BCUT2D eigenvalue weighted by atomic mass is 10.1. The summed E-state index contributed by atoms with van der Waals surface area (Å²) >= 11 is 5.83. The Hall–Kier alpha value is -1.22. The highest BCUT2D eigenvalue weighted by molar-refractivity contribution is 6.33. The van der Waals surface area contributed by atoms with Gasteiger partial charge in [0, 0.05) is 11.6 Å². The molecule has 0 aromatic heterocycles. The van der Waals surface area contributed by atoms with Crippen LogP contribution in [0.15, 0.2) is 18.2 Å². The van der Waals surface area contributed by atoms with Crippen molar-refractivity contribution >= 4 is 28.9 Å². The van der Waals surface area contributed by atoms with E-state index in [1.54, 1.807) is 18.2 Å². The third kappa shape index (κ3) is 1.89. The number of rotatable bonds is 2. The third-order valence-corrected chi connectivity index (χ3v) is 4.32. The molecule has 2 aliphatic rings. The second kappa shape index (κ2) is 3.91. The van der Waals surface area contributed by atoms with Crippen molar-refractivity contribution in [3.8, 4) is 0 Å². The Morgan fingerprint density at radius 2 is 2.06 bits per heavy atom. The van der Waals surface area contributed by atoms with E-state index in [4.69, 9.17) is 17.3 Å². The minimum atomic E-state index is 0.140. The van der Waals surface area contributed by atoms with E-state index in [2.05, 4.69) is 5.32 Å². The Morgan fingerprint density at radius 3 is 2.71 bits per heavy atom. The molecule has 4 heteroatoms. The molecule has 1 aromatic carbocycles. The molecule has 0 spiro atoms. The largest absolute Gasteiger partial charge is 0.397 e. The number of hydrogen-bond acceptors (Lipinski definition) is 2. The highest BCUT2D eigenvalue weighted by Gasteiger charge is 2.56. The molecule has 2 unspecified atom stereocenters. The number of carbonyl (C=O) groups is 1. The maximum atomic E-state index is 12.0. The zero-order valence-electron chi connectivity index (χ0n) is 9.45. The normalized spacial score (nSPS) is 29.8. The van der Waals surface area contributed by atoms with Gasteiger partial charge >= 0.3 is 0 Å². The number of hydrogen-bond donors (Lipinski definition) is 2. The van der Waals surface area contributed by atoms with E-state index in [9.17, 15) is 4.79 Å². The number of fused-ring (bicyclic) bond motifs is 1. The van der Waals surface area contributed by atoms with E-state index in [1.807, 2.05) is 0 Å². The molecular weight excluding hydrogens is 236 g/mol. The predicted octanol–water partition coefficient (Wildman–Crippen LogP) is 2.91. The molecule has 3 rings (SSSR count). The second-order valence-electron chi connectivity index (χ2n) is 5.01. The summed E-state index contributed by atoms with van der Waals surface area (Å²) in [7, 11) is 0. The van der Waals surface area contributed by atoms with Gasteiger partial charge in [0.1, 0.15) is 0 Å². The summed E-state index contributed by atoms with van der Waals surface area (Å²) in [5.41, 5.74) is 6.94. The van der Waals surface area contributed by atoms with Crippen molar-refractivity contribution in [1.29, 1.82) is 0 Å². The summed E-state index contributed by atoms with van der Waals surface area (Å²) < 4.78 is 0. The standard InChI is InChI=1S/C13H15ClN2O/c14-10-5-4-7(6-11(10)15)16-13(17)12-8-2-1-3-9(8)12/h4-6,8-9,12H,1-3,15H2,(H,16,17). The molecule has 1 amide bonds. The van der Waals surface area contributed by atoms with Crippen molar-refractivity contribution in [1.82, 2.24) is 0 Å². The van der Waals surface area contributed by atoms with E-state index < -0.39 is 0 Å². The van der Waals surface area contributed by atoms with Crippen LogP contribution in [0.4, 0.5) is 11.4 Å². The van der Waals surface area contributed by atoms with Crippen LogP contribution >= 0.6 is 11.6 Å². The van der Waals surface area contributed by atoms with Gasteiger partial charge in [0.05, 0.1) is 10.7 Å². The topological polar surface area (TPSA) is 55.1 Å². The number of halogens is 1. The Balaban J connectivity index is 1.67. The molecule has 2 atom stereocenters. The fraction of sp³-hybridized carbons (Fsp3) is 0.462. The van der Waals surface area contributed by atoms with Gasteiger partial charge in [-0.1, -0.05) is 18.0 Å². The smallest absolute Gasteiger partial charge is 0.228 e. The Morgan fingerprint density at radius 1 is 1.35 bits per heavy atom. The minimum Gasteiger partial charge on any atom is -0.397 e. The van der Waals surface area contributed by atoms with E-state index >= 15 is 0 Å². The van der Waals surface area contributed by atoms with Crippen molar-refractivity contribution in [3.63, 3.8) is 0 Å². The van der Waals surface area contributed by atoms with Crippen molar-refractivity contribution < 1.29 is 4.79 Å². The number of nitrogen functional groups attached to an aromatic ring is 1. The van der Waals surface area contributed by atoms with Crippen LogP contribution in [0.1, 0.15) is 19.3 Å². The van der Waals surface area contributed by atoms with Gasteiger partial charge in [-0.3, -0.25) is 4.79 Å². The average molecular weight is 251 g/mol. The highest BCUT2D eigenvalue weighted by Crippen LogP contribution is 2.57. The molecule has 0 bridgehead atoms. The zero-order chi connectivity index (χ0) is 12.0. The van der Waals surface area contributed by atoms with Gasteiger partial charge in [-0.05, 0) is 42.9 Å². The zero-order valence-corrected chi connectivity index (χ0v) is 10.2. The molecule has 2 aliphatic carbocycles. The lowest BCUT2D eigenvalue weighted by Crippen LogP contribution is -2.16. The van der Waals surface area contributed by atoms with Crippen LogP contribution in [0.3, 0.4) is 0 Å². The highest BCUT2D eigenvalue weighted by atomic mass is 35.5. The van der Waals surface area contributed by atoms with Crippen LogP contribution in [0.5, 0.6) is 0 Å². The molecule has 17 heavy (non-hydrogen) atoms. The fourth-order valence-electron chi connectivity index (χ4n) is 3.06. The van der Waals surface area contributed by atoms with Gasteiger partial charge < -0.3 is 11.1 Å². The summed E-state index contributed by atoms with van der Waals surface area (Å²) in [4.78, 5) is 12.0. The molecule has 3 N–H and O–H groups in total.